The summed E-state index contributed by atoms with van der Waals surface area (Å²) in [4.78, 5) is 0. The van der Waals surface area contributed by atoms with Crippen molar-refractivity contribution in [3.8, 4) is 6.07 Å². The van der Waals surface area contributed by atoms with Crippen molar-refractivity contribution in [2.45, 2.75) is 19.0 Å². The van der Waals surface area contributed by atoms with Crippen LogP contribution in [0.4, 0.5) is 0 Å². The molecule has 1 aromatic rings. The van der Waals surface area contributed by atoms with Gasteiger partial charge in [0.05, 0.1) is 23.3 Å². The third-order valence-corrected chi connectivity index (χ3v) is 1.76. The van der Waals surface area contributed by atoms with Gasteiger partial charge in [0.1, 0.15) is 5.54 Å². The lowest BCUT2D eigenvalue weighted by molar-refractivity contribution is 0.459. The van der Waals surface area contributed by atoms with Crippen molar-refractivity contribution in [2.24, 2.45) is 5.73 Å². The van der Waals surface area contributed by atoms with Crippen molar-refractivity contribution in [1.29, 1.82) is 5.26 Å². The van der Waals surface area contributed by atoms with Crippen LogP contribution >= 0.6 is 15.9 Å². The maximum atomic E-state index is 8.63. The number of hydrogen-bond donors (Lipinski definition) is 1. The van der Waals surface area contributed by atoms with Crippen molar-refractivity contribution in [2.75, 3.05) is 0 Å². The molecule has 1 aromatic heterocycles. The van der Waals surface area contributed by atoms with E-state index in [9.17, 15) is 0 Å². The molecule has 1 heterocycles. The van der Waals surface area contributed by atoms with Gasteiger partial charge in [0.25, 0.3) is 0 Å². The molecule has 0 unspecified atom stereocenters. The maximum Gasteiger partial charge on any atom is 0.121 e. The molecule has 0 amide bonds. The van der Waals surface area contributed by atoms with E-state index in [4.69, 9.17) is 11.0 Å². The highest BCUT2D eigenvalue weighted by molar-refractivity contribution is 9.10. The number of hydrogen-bond acceptors (Lipinski definition) is 3. The number of rotatable bonds is 2. The van der Waals surface area contributed by atoms with Gasteiger partial charge in [0, 0.05) is 6.20 Å². The topological polar surface area (TPSA) is 67.6 Å². The molecule has 0 aromatic carbocycles. The lowest BCUT2D eigenvalue weighted by Crippen LogP contribution is -2.39. The molecule has 0 saturated carbocycles. The van der Waals surface area contributed by atoms with Crippen LogP contribution in [0.25, 0.3) is 0 Å². The van der Waals surface area contributed by atoms with Crippen LogP contribution < -0.4 is 5.73 Å². The van der Waals surface area contributed by atoms with Crippen LogP contribution in [0.3, 0.4) is 0 Å². The molecular formula is C7H9BrN4. The number of aromatic nitrogens is 2. The van der Waals surface area contributed by atoms with E-state index in [2.05, 4.69) is 21.0 Å². The molecule has 0 fully saturated rings. The summed E-state index contributed by atoms with van der Waals surface area (Å²) in [6, 6.07) is 2.00. The van der Waals surface area contributed by atoms with E-state index >= 15 is 0 Å². The fourth-order valence-electron chi connectivity index (χ4n) is 0.797. The first-order chi connectivity index (χ1) is 5.53. The molecule has 0 aliphatic rings. The zero-order valence-electron chi connectivity index (χ0n) is 6.66. The average molecular weight is 229 g/mol. The highest BCUT2D eigenvalue weighted by Crippen LogP contribution is 2.08. The van der Waals surface area contributed by atoms with Gasteiger partial charge >= 0.3 is 0 Å². The Morgan fingerprint density at radius 3 is 3.00 bits per heavy atom. The van der Waals surface area contributed by atoms with Gasteiger partial charge in [-0.15, -0.1) is 0 Å². The summed E-state index contributed by atoms with van der Waals surface area (Å²) < 4.78 is 2.52. The normalized spacial score (nSPS) is 15.2. The minimum Gasteiger partial charge on any atom is -0.312 e. The molecule has 0 aliphatic heterocycles. The quantitative estimate of drug-likeness (QED) is 0.818. The van der Waals surface area contributed by atoms with Gasteiger partial charge in [-0.05, 0) is 22.9 Å². The molecule has 1 atom stereocenters. The molecule has 12 heavy (non-hydrogen) atoms. The molecule has 0 saturated heterocycles. The minimum absolute atomic E-state index is 0.398. The van der Waals surface area contributed by atoms with Gasteiger partial charge < -0.3 is 5.73 Å². The van der Waals surface area contributed by atoms with E-state index in [0.717, 1.165) is 4.47 Å². The van der Waals surface area contributed by atoms with Gasteiger partial charge in [-0.3, -0.25) is 4.68 Å². The second kappa shape index (κ2) is 3.25. The average Bonchev–Trinajstić information content (AvgIpc) is 2.35. The summed E-state index contributed by atoms with van der Waals surface area (Å²) in [7, 11) is 0. The van der Waals surface area contributed by atoms with Crippen LogP contribution in [0, 0.1) is 11.3 Å². The van der Waals surface area contributed by atoms with Gasteiger partial charge in [-0.25, -0.2) is 0 Å². The molecule has 2 N–H and O–H groups in total. The molecule has 1 rings (SSSR count). The molecular weight excluding hydrogens is 220 g/mol. The lowest BCUT2D eigenvalue weighted by Gasteiger charge is -2.14. The Morgan fingerprint density at radius 2 is 2.58 bits per heavy atom. The Labute approximate surface area is 79.1 Å². The van der Waals surface area contributed by atoms with Gasteiger partial charge in [0.2, 0.25) is 0 Å². The van der Waals surface area contributed by atoms with Crippen molar-refractivity contribution in [1.82, 2.24) is 9.78 Å². The van der Waals surface area contributed by atoms with Gasteiger partial charge in [-0.1, -0.05) is 0 Å². The monoisotopic (exact) mass is 228 g/mol. The summed E-state index contributed by atoms with van der Waals surface area (Å²) in [6.07, 6.45) is 3.44. The van der Waals surface area contributed by atoms with Crippen LogP contribution in [0.5, 0.6) is 0 Å². The Hall–Kier alpha value is -0.860. The summed E-state index contributed by atoms with van der Waals surface area (Å²) in [5, 5.41) is 12.6. The van der Waals surface area contributed by atoms with Crippen LogP contribution in [0.2, 0.25) is 0 Å². The first kappa shape index (κ1) is 9.23. The third kappa shape index (κ3) is 2.32. The highest BCUT2D eigenvalue weighted by Gasteiger charge is 2.18. The van der Waals surface area contributed by atoms with Crippen molar-refractivity contribution in [3.63, 3.8) is 0 Å². The number of halogens is 1. The predicted octanol–water partition coefficient (Wildman–Crippen LogP) is 0.887. The number of nitrogens with two attached hydrogens (primary N) is 1. The summed E-state index contributed by atoms with van der Waals surface area (Å²) in [6.45, 7) is 2.07. The van der Waals surface area contributed by atoms with Crippen molar-refractivity contribution < 1.29 is 0 Å². The molecule has 0 radical (unpaired) electrons. The second-order valence-electron chi connectivity index (χ2n) is 2.89. The van der Waals surface area contributed by atoms with Crippen LogP contribution in [-0.4, -0.2) is 15.3 Å². The van der Waals surface area contributed by atoms with Crippen LogP contribution in [0.1, 0.15) is 6.92 Å². The Morgan fingerprint density at radius 1 is 1.92 bits per heavy atom. The summed E-state index contributed by atoms with van der Waals surface area (Å²) in [5.41, 5.74) is 4.76. The first-order valence-corrected chi connectivity index (χ1v) is 4.21. The largest absolute Gasteiger partial charge is 0.312 e. The molecule has 4 nitrogen and oxygen atoms in total. The lowest BCUT2D eigenvalue weighted by atomic mass is 10.1. The van der Waals surface area contributed by atoms with Crippen LogP contribution in [0.15, 0.2) is 16.9 Å². The first-order valence-electron chi connectivity index (χ1n) is 3.41. The van der Waals surface area contributed by atoms with Crippen molar-refractivity contribution in [3.05, 3.63) is 16.9 Å². The Bertz CT molecular complexity index is 309. The van der Waals surface area contributed by atoms with Crippen molar-refractivity contribution >= 4 is 15.9 Å². The fourth-order valence-corrected chi connectivity index (χ4v) is 1.12. The zero-order chi connectivity index (χ0) is 9.19. The highest BCUT2D eigenvalue weighted by atomic mass is 79.9. The third-order valence-electron chi connectivity index (χ3n) is 1.35. The zero-order valence-corrected chi connectivity index (χ0v) is 8.24. The summed E-state index contributed by atoms with van der Waals surface area (Å²) in [5.74, 6) is 0. The SMILES string of the molecule is C[C@@](N)(C#N)Cn1cc(Br)cn1. The standard InChI is InChI=1S/C7H9BrN4/c1-7(10,4-9)5-12-3-6(8)2-11-12/h2-3H,5,10H2,1H3/t7-/m1/s1. The smallest absolute Gasteiger partial charge is 0.121 e. The maximum absolute atomic E-state index is 8.63. The molecule has 0 bridgehead atoms. The molecule has 0 spiro atoms. The van der Waals surface area contributed by atoms with E-state index in [1.54, 1.807) is 24.0 Å². The fraction of sp³-hybridized carbons (Fsp3) is 0.429. The predicted molar refractivity (Wildman–Crippen MR) is 48.1 cm³/mol. The Kier molecular flexibility index (Phi) is 2.50. The van der Waals surface area contributed by atoms with E-state index in [1.165, 1.54) is 0 Å². The van der Waals surface area contributed by atoms with Crippen LogP contribution in [-0.2, 0) is 6.54 Å². The summed E-state index contributed by atoms with van der Waals surface area (Å²) >= 11 is 3.25. The molecule has 5 heteroatoms. The van der Waals surface area contributed by atoms with E-state index in [-0.39, 0.29) is 0 Å². The Balaban J connectivity index is 2.72. The van der Waals surface area contributed by atoms with E-state index in [0.29, 0.717) is 6.54 Å². The van der Waals surface area contributed by atoms with E-state index in [1.807, 2.05) is 6.07 Å². The second-order valence-corrected chi connectivity index (χ2v) is 3.80. The minimum atomic E-state index is -0.856. The van der Waals surface area contributed by atoms with E-state index < -0.39 is 5.54 Å². The van der Waals surface area contributed by atoms with Gasteiger partial charge in [0.15, 0.2) is 0 Å². The molecule has 64 valence electrons. The molecule has 0 aliphatic carbocycles. The number of nitrogens with zero attached hydrogens (tertiary/aromatic N) is 3. The number of nitriles is 1. The van der Waals surface area contributed by atoms with Gasteiger partial charge in [-0.2, -0.15) is 10.4 Å².